The first-order valence-corrected chi connectivity index (χ1v) is 9.40. The molecule has 3 rings (SSSR count). The Balaban J connectivity index is 1.65. The van der Waals surface area contributed by atoms with Crippen LogP contribution in [0.4, 0.5) is 11.5 Å². The molecule has 0 aliphatic carbocycles. The molecule has 0 bridgehead atoms. The fourth-order valence-corrected chi connectivity index (χ4v) is 2.83. The standard InChI is InChI=1S/C23H23N3O3/c1-3-29-23(28)19-9-4-5-10-20(19)26-21-12-11-18(15-24-21)22(27)25-14-17-8-6-7-16(2)13-17/h4-13,15H,3,14H2,1-2H3,(H,24,26)(H,25,27). The van der Waals surface area contributed by atoms with E-state index in [1.54, 1.807) is 37.3 Å². The summed E-state index contributed by atoms with van der Waals surface area (Å²) >= 11 is 0. The van der Waals surface area contributed by atoms with Crippen LogP contribution in [0.2, 0.25) is 0 Å². The maximum Gasteiger partial charge on any atom is 0.340 e. The molecule has 1 heterocycles. The molecule has 0 atom stereocenters. The van der Waals surface area contributed by atoms with Gasteiger partial charge in [0, 0.05) is 12.7 Å². The van der Waals surface area contributed by atoms with E-state index in [-0.39, 0.29) is 5.91 Å². The molecule has 1 aromatic heterocycles. The molecule has 29 heavy (non-hydrogen) atoms. The van der Waals surface area contributed by atoms with Crippen molar-refractivity contribution in [3.8, 4) is 0 Å². The molecular weight excluding hydrogens is 366 g/mol. The summed E-state index contributed by atoms with van der Waals surface area (Å²) in [4.78, 5) is 28.7. The summed E-state index contributed by atoms with van der Waals surface area (Å²) in [6.45, 7) is 4.53. The van der Waals surface area contributed by atoms with E-state index in [0.29, 0.717) is 35.8 Å². The Kier molecular flexibility index (Phi) is 6.58. The Morgan fingerprint density at radius 3 is 2.59 bits per heavy atom. The zero-order valence-electron chi connectivity index (χ0n) is 16.4. The van der Waals surface area contributed by atoms with E-state index in [1.807, 2.05) is 37.3 Å². The number of aryl methyl sites for hydroxylation is 1. The van der Waals surface area contributed by atoms with Crippen molar-refractivity contribution in [2.75, 3.05) is 11.9 Å². The highest BCUT2D eigenvalue weighted by atomic mass is 16.5. The molecular formula is C23H23N3O3. The lowest BCUT2D eigenvalue weighted by Gasteiger charge is -2.11. The van der Waals surface area contributed by atoms with E-state index in [1.165, 1.54) is 6.20 Å². The van der Waals surface area contributed by atoms with Crippen LogP contribution in [0.25, 0.3) is 0 Å². The Labute approximate surface area is 169 Å². The average Bonchev–Trinajstić information content (AvgIpc) is 2.73. The summed E-state index contributed by atoms with van der Waals surface area (Å²) in [5.74, 6) is -0.0720. The molecule has 0 radical (unpaired) electrons. The highest BCUT2D eigenvalue weighted by Crippen LogP contribution is 2.20. The van der Waals surface area contributed by atoms with Gasteiger partial charge in [0.05, 0.1) is 23.4 Å². The van der Waals surface area contributed by atoms with Crippen LogP contribution in [0.15, 0.2) is 66.9 Å². The van der Waals surface area contributed by atoms with E-state index in [2.05, 4.69) is 15.6 Å². The van der Waals surface area contributed by atoms with Crippen molar-refractivity contribution in [1.29, 1.82) is 0 Å². The van der Waals surface area contributed by atoms with Gasteiger partial charge in [0.15, 0.2) is 0 Å². The van der Waals surface area contributed by atoms with Gasteiger partial charge in [0.25, 0.3) is 5.91 Å². The van der Waals surface area contributed by atoms with Crippen LogP contribution in [0.3, 0.4) is 0 Å². The number of ether oxygens (including phenoxy) is 1. The minimum atomic E-state index is -0.400. The third kappa shape index (κ3) is 5.42. The Hall–Kier alpha value is -3.67. The van der Waals surface area contributed by atoms with E-state index >= 15 is 0 Å². The van der Waals surface area contributed by atoms with Gasteiger partial charge in [-0.05, 0) is 43.7 Å². The van der Waals surface area contributed by atoms with Crippen LogP contribution in [-0.4, -0.2) is 23.5 Å². The fraction of sp³-hybridized carbons (Fsp3) is 0.174. The van der Waals surface area contributed by atoms with Gasteiger partial charge in [-0.1, -0.05) is 42.0 Å². The van der Waals surface area contributed by atoms with Crippen molar-refractivity contribution in [2.24, 2.45) is 0 Å². The van der Waals surface area contributed by atoms with Gasteiger partial charge >= 0.3 is 5.97 Å². The van der Waals surface area contributed by atoms with E-state index in [9.17, 15) is 9.59 Å². The number of nitrogens with zero attached hydrogens (tertiary/aromatic N) is 1. The molecule has 0 fully saturated rings. The molecule has 0 aliphatic heterocycles. The molecule has 148 valence electrons. The zero-order chi connectivity index (χ0) is 20.6. The van der Waals surface area contributed by atoms with Crippen LogP contribution in [0.5, 0.6) is 0 Å². The Morgan fingerprint density at radius 2 is 1.86 bits per heavy atom. The second-order valence-electron chi connectivity index (χ2n) is 6.49. The molecule has 0 saturated carbocycles. The number of carbonyl (C=O) groups excluding carboxylic acids is 2. The van der Waals surface area contributed by atoms with Crippen molar-refractivity contribution in [3.05, 3.63) is 89.1 Å². The first-order chi connectivity index (χ1) is 14.1. The largest absolute Gasteiger partial charge is 0.462 e. The highest BCUT2D eigenvalue weighted by Gasteiger charge is 2.13. The van der Waals surface area contributed by atoms with Crippen molar-refractivity contribution in [1.82, 2.24) is 10.3 Å². The van der Waals surface area contributed by atoms with Crippen LogP contribution in [0.1, 0.15) is 38.8 Å². The summed E-state index contributed by atoms with van der Waals surface area (Å²) in [5.41, 5.74) is 3.67. The highest BCUT2D eigenvalue weighted by molar-refractivity contribution is 5.96. The second kappa shape index (κ2) is 9.50. The second-order valence-corrected chi connectivity index (χ2v) is 6.49. The van der Waals surface area contributed by atoms with Crippen molar-refractivity contribution in [2.45, 2.75) is 20.4 Å². The van der Waals surface area contributed by atoms with Gasteiger partial charge in [-0.3, -0.25) is 4.79 Å². The lowest BCUT2D eigenvalue weighted by molar-refractivity contribution is 0.0527. The van der Waals surface area contributed by atoms with Gasteiger partial charge in [-0.25, -0.2) is 9.78 Å². The quantitative estimate of drug-likeness (QED) is 0.591. The van der Waals surface area contributed by atoms with Crippen LogP contribution in [-0.2, 0) is 11.3 Å². The van der Waals surface area contributed by atoms with E-state index in [4.69, 9.17) is 4.74 Å². The minimum Gasteiger partial charge on any atom is -0.462 e. The number of benzene rings is 2. The predicted octanol–water partition coefficient (Wildman–Crippen LogP) is 4.24. The van der Waals surface area contributed by atoms with Gasteiger partial charge in [-0.15, -0.1) is 0 Å². The molecule has 6 heteroatoms. The van der Waals surface area contributed by atoms with E-state index in [0.717, 1.165) is 11.1 Å². The van der Waals surface area contributed by atoms with Crippen LogP contribution in [0, 0.1) is 6.92 Å². The topological polar surface area (TPSA) is 80.3 Å². The SMILES string of the molecule is CCOC(=O)c1ccccc1Nc1ccc(C(=O)NCc2cccc(C)c2)cn1. The molecule has 6 nitrogen and oxygen atoms in total. The first-order valence-electron chi connectivity index (χ1n) is 9.40. The number of anilines is 2. The average molecular weight is 389 g/mol. The molecule has 0 aliphatic rings. The first kappa shape index (κ1) is 20.1. The molecule has 2 N–H and O–H groups in total. The number of para-hydroxylation sites is 1. The minimum absolute atomic E-state index is 0.197. The molecule has 0 spiro atoms. The third-order valence-electron chi connectivity index (χ3n) is 4.25. The molecule has 3 aromatic rings. The smallest absolute Gasteiger partial charge is 0.340 e. The Bertz CT molecular complexity index is 1000. The Morgan fingerprint density at radius 1 is 1.03 bits per heavy atom. The monoisotopic (exact) mass is 389 g/mol. The number of esters is 1. The molecule has 1 amide bonds. The van der Waals surface area contributed by atoms with Crippen molar-refractivity contribution >= 4 is 23.4 Å². The fourth-order valence-electron chi connectivity index (χ4n) is 2.83. The zero-order valence-corrected chi connectivity index (χ0v) is 16.4. The van der Waals surface area contributed by atoms with Gasteiger partial charge < -0.3 is 15.4 Å². The number of carbonyl (C=O) groups is 2. The maximum absolute atomic E-state index is 12.4. The lowest BCUT2D eigenvalue weighted by Crippen LogP contribution is -2.23. The van der Waals surface area contributed by atoms with Crippen molar-refractivity contribution in [3.63, 3.8) is 0 Å². The van der Waals surface area contributed by atoms with Gasteiger partial charge in [0.1, 0.15) is 5.82 Å². The van der Waals surface area contributed by atoms with Gasteiger partial charge in [-0.2, -0.15) is 0 Å². The summed E-state index contributed by atoms with van der Waals surface area (Å²) in [5, 5.41) is 5.99. The summed E-state index contributed by atoms with van der Waals surface area (Å²) in [6, 6.07) is 18.4. The van der Waals surface area contributed by atoms with Crippen LogP contribution < -0.4 is 10.6 Å². The van der Waals surface area contributed by atoms with Crippen LogP contribution >= 0.6 is 0 Å². The molecule has 0 unspecified atom stereocenters. The number of amides is 1. The molecule has 0 saturated heterocycles. The predicted molar refractivity (Wildman–Crippen MR) is 112 cm³/mol. The number of nitrogens with one attached hydrogen (secondary N) is 2. The number of hydrogen-bond acceptors (Lipinski definition) is 5. The summed E-state index contributed by atoms with van der Waals surface area (Å²) in [7, 11) is 0. The third-order valence-corrected chi connectivity index (χ3v) is 4.25. The summed E-state index contributed by atoms with van der Waals surface area (Å²) in [6.07, 6.45) is 1.50. The number of hydrogen-bond donors (Lipinski definition) is 2. The number of aromatic nitrogens is 1. The lowest BCUT2D eigenvalue weighted by atomic mass is 10.1. The van der Waals surface area contributed by atoms with E-state index < -0.39 is 5.97 Å². The maximum atomic E-state index is 12.4. The number of rotatable bonds is 7. The number of pyridine rings is 1. The summed E-state index contributed by atoms with van der Waals surface area (Å²) < 4.78 is 5.08. The molecule has 2 aromatic carbocycles. The normalized spacial score (nSPS) is 10.3. The van der Waals surface area contributed by atoms with Crippen molar-refractivity contribution < 1.29 is 14.3 Å². The van der Waals surface area contributed by atoms with Gasteiger partial charge in [0.2, 0.25) is 0 Å².